The summed E-state index contributed by atoms with van der Waals surface area (Å²) >= 11 is 0. The predicted molar refractivity (Wildman–Crippen MR) is 109 cm³/mol. The lowest BCUT2D eigenvalue weighted by atomic mass is 9.99. The molecule has 3 rings (SSSR count). The fraction of sp³-hybridized carbons (Fsp3) is 0.455. The minimum Gasteiger partial charge on any atom is -0.493 e. The largest absolute Gasteiger partial charge is 0.493 e. The Morgan fingerprint density at radius 1 is 1.00 bits per heavy atom. The van der Waals surface area contributed by atoms with E-state index in [9.17, 15) is 5.11 Å². The molecule has 0 saturated carbocycles. The lowest BCUT2D eigenvalue weighted by molar-refractivity contribution is 0.137. The Bertz CT molecular complexity index is 733. The maximum atomic E-state index is 9.72. The second-order valence-corrected chi connectivity index (χ2v) is 6.83. The highest BCUT2D eigenvalue weighted by atomic mass is 16.5. The fourth-order valence-electron chi connectivity index (χ4n) is 3.65. The summed E-state index contributed by atoms with van der Waals surface area (Å²) in [6, 6.07) is 14.0. The van der Waals surface area contributed by atoms with Crippen LogP contribution >= 0.6 is 0 Å². The molecule has 0 bridgehead atoms. The molecule has 0 radical (unpaired) electrons. The van der Waals surface area contributed by atoms with Crippen molar-refractivity contribution in [1.82, 2.24) is 10.2 Å². The SMILES string of the molecule is COc1cc(OCc2ccccc2)c([C@H](CCO)N2CCNCC2)cc1OC. The van der Waals surface area contributed by atoms with Crippen LogP contribution in [0.3, 0.4) is 0 Å². The number of piperazine rings is 1. The number of aliphatic hydroxyl groups excluding tert-OH is 1. The molecule has 1 aliphatic heterocycles. The van der Waals surface area contributed by atoms with Gasteiger partial charge in [-0.2, -0.15) is 0 Å². The van der Waals surface area contributed by atoms with Gasteiger partial charge in [0.05, 0.1) is 14.2 Å². The molecule has 0 unspecified atom stereocenters. The smallest absolute Gasteiger partial charge is 0.164 e. The van der Waals surface area contributed by atoms with Gasteiger partial charge in [-0.05, 0) is 18.1 Å². The molecule has 2 aromatic rings. The van der Waals surface area contributed by atoms with Gasteiger partial charge in [0.25, 0.3) is 0 Å². The van der Waals surface area contributed by atoms with Crippen molar-refractivity contribution in [1.29, 1.82) is 0 Å². The highest BCUT2D eigenvalue weighted by Crippen LogP contribution is 2.40. The van der Waals surface area contributed by atoms with Crippen molar-refractivity contribution < 1.29 is 19.3 Å². The van der Waals surface area contributed by atoms with Crippen molar-refractivity contribution in [3.8, 4) is 17.2 Å². The standard InChI is InChI=1S/C22H30N2O4/c1-26-21-14-18(19(8-13-25)24-11-9-23-10-12-24)20(15-22(21)27-2)28-16-17-6-4-3-5-7-17/h3-7,14-15,19,23,25H,8-13,16H2,1-2H3/t19-/m0/s1. The molecule has 6 nitrogen and oxygen atoms in total. The zero-order valence-corrected chi connectivity index (χ0v) is 16.7. The van der Waals surface area contributed by atoms with E-state index in [1.165, 1.54) is 0 Å². The molecule has 0 aliphatic carbocycles. The van der Waals surface area contributed by atoms with Crippen LogP contribution in [0.4, 0.5) is 0 Å². The normalized spacial score (nSPS) is 15.8. The molecule has 0 aromatic heterocycles. The van der Waals surface area contributed by atoms with Crippen molar-refractivity contribution >= 4 is 0 Å². The first kappa shape index (κ1) is 20.5. The first-order chi connectivity index (χ1) is 13.8. The van der Waals surface area contributed by atoms with Crippen LogP contribution in [-0.2, 0) is 6.61 Å². The van der Waals surface area contributed by atoms with Gasteiger partial charge in [-0.25, -0.2) is 0 Å². The highest BCUT2D eigenvalue weighted by Gasteiger charge is 2.26. The molecule has 0 spiro atoms. The molecule has 1 heterocycles. The number of rotatable bonds is 9. The van der Waals surface area contributed by atoms with Gasteiger partial charge < -0.3 is 24.6 Å². The van der Waals surface area contributed by atoms with Gasteiger partial charge in [-0.3, -0.25) is 4.90 Å². The molecule has 152 valence electrons. The summed E-state index contributed by atoms with van der Waals surface area (Å²) < 4.78 is 17.3. The van der Waals surface area contributed by atoms with Crippen LogP contribution in [0.25, 0.3) is 0 Å². The van der Waals surface area contributed by atoms with Crippen molar-refractivity contribution in [2.75, 3.05) is 47.0 Å². The first-order valence-electron chi connectivity index (χ1n) is 9.75. The van der Waals surface area contributed by atoms with Gasteiger partial charge in [-0.15, -0.1) is 0 Å². The van der Waals surface area contributed by atoms with Crippen molar-refractivity contribution in [3.63, 3.8) is 0 Å². The van der Waals surface area contributed by atoms with E-state index in [1.54, 1.807) is 14.2 Å². The molecule has 2 aromatic carbocycles. The molecular weight excluding hydrogens is 356 g/mol. The molecule has 0 amide bonds. The Labute approximate surface area is 167 Å². The van der Waals surface area contributed by atoms with E-state index in [-0.39, 0.29) is 12.6 Å². The molecule has 28 heavy (non-hydrogen) atoms. The third kappa shape index (κ3) is 4.95. The third-order valence-corrected chi connectivity index (χ3v) is 5.11. The number of methoxy groups -OCH3 is 2. The van der Waals surface area contributed by atoms with Gasteiger partial charge in [0, 0.05) is 50.5 Å². The zero-order valence-electron chi connectivity index (χ0n) is 16.7. The van der Waals surface area contributed by atoms with Crippen LogP contribution in [-0.4, -0.2) is 57.0 Å². The maximum absolute atomic E-state index is 9.72. The average Bonchev–Trinajstić information content (AvgIpc) is 2.77. The summed E-state index contributed by atoms with van der Waals surface area (Å²) in [6.07, 6.45) is 0.636. The van der Waals surface area contributed by atoms with Crippen LogP contribution < -0.4 is 19.5 Å². The summed E-state index contributed by atoms with van der Waals surface area (Å²) in [4.78, 5) is 2.39. The third-order valence-electron chi connectivity index (χ3n) is 5.11. The van der Waals surface area contributed by atoms with Crippen molar-refractivity contribution in [2.24, 2.45) is 0 Å². The summed E-state index contributed by atoms with van der Waals surface area (Å²) in [6.45, 7) is 4.32. The quantitative estimate of drug-likeness (QED) is 0.691. The monoisotopic (exact) mass is 386 g/mol. The van der Waals surface area contributed by atoms with Gasteiger partial charge in [0.2, 0.25) is 0 Å². The molecule has 1 fully saturated rings. The van der Waals surface area contributed by atoms with Crippen LogP contribution in [0, 0.1) is 0 Å². The molecule has 6 heteroatoms. The average molecular weight is 386 g/mol. The predicted octanol–water partition coefficient (Wildman–Crippen LogP) is 2.61. The summed E-state index contributed by atoms with van der Waals surface area (Å²) in [7, 11) is 3.26. The Hall–Kier alpha value is -2.28. The molecule has 2 N–H and O–H groups in total. The van der Waals surface area contributed by atoms with E-state index >= 15 is 0 Å². The van der Waals surface area contributed by atoms with Crippen molar-refractivity contribution in [3.05, 3.63) is 53.6 Å². The zero-order chi connectivity index (χ0) is 19.8. The summed E-state index contributed by atoms with van der Waals surface area (Å²) in [5.41, 5.74) is 2.12. The minimum absolute atomic E-state index is 0.0534. The van der Waals surface area contributed by atoms with Gasteiger partial charge in [0.15, 0.2) is 11.5 Å². The number of hydrogen-bond acceptors (Lipinski definition) is 6. The van der Waals surface area contributed by atoms with Gasteiger partial charge in [-0.1, -0.05) is 30.3 Å². The van der Waals surface area contributed by atoms with Gasteiger partial charge >= 0.3 is 0 Å². The van der Waals surface area contributed by atoms with Crippen LogP contribution in [0.15, 0.2) is 42.5 Å². The fourth-order valence-corrected chi connectivity index (χ4v) is 3.65. The highest BCUT2D eigenvalue weighted by molar-refractivity contribution is 5.52. The van der Waals surface area contributed by atoms with E-state index in [4.69, 9.17) is 14.2 Å². The van der Waals surface area contributed by atoms with Crippen LogP contribution in [0.5, 0.6) is 17.2 Å². The lowest BCUT2D eigenvalue weighted by Gasteiger charge is -2.36. The second-order valence-electron chi connectivity index (χ2n) is 6.83. The van der Waals surface area contributed by atoms with Crippen LogP contribution in [0.2, 0.25) is 0 Å². The Balaban J connectivity index is 1.94. The van der Waals surface area contributed by atoms with E-state index in [0.717, 1.165) is 43.1 Å². The van der Waals surface area contributed by atoms with E-state index in [1.807, 2.05) is 42.5 Å². The molecule has 1 aliphatic rings. The van der Waals surface area contributed by atoms with E-state index in [0.29, 0.717) is 24.5 Å². The van der Waals surface area contributed by atoms with Gasteiger partial charge in [0.1, 0.15) is 12.4 Å². The number of nitrogens with one attached hydrogen (secondary N) is 1. The Morgan fingerprint density at radius 3 is 2.32 bits per heavy atom. The second kappa shape index (κ2) is 10.3. The van der Waals surface area contributed by atoms with Crippen molar-refractivity contribution in [2.45, 2.75) is 19.1 Å². The Morgan fingerprint density at radius 2 is 1.68 bits per heavy atom. The van der Waals surface area contributed by atoms with Crippen LogP contribution in [0.1, 0.15) is 23.6 Å². The summed E-state index contributed by atoms with van der Waals surface area (Å²) in [5, 5.41) is 13.1. The molecule has 1 atom stereocenters. The number of nitrogens with zero attached hydrogens (tertiary/aromatic N) is 1. The minimum atomic E-state index is 0.0534. The number of hydrogen-bond donors (Lipinski definition) is 2. The van der Waals surface area contributed by atoms with E-state index < -0.39 is 0 Å². The number of aliphatic hydroxyl groups is 1. The lowest BCUT2D eigenvalue weighted by Crippen LogP contribution is -2.45. The first-order valence-corrected chi connectivity index (χ1v) is 9.75. The molecular formula is C22H30N2O4. The maximum Gasteiger partial charge on any atom is 0.164 e. The number of benzene rings is 2. The summed E-state index contributed by atoms with van der Waals surface area (Å²) in [5.74, 6) is 2.07. The topological polar surface area (TPSA) is 63.2 Å². The molecule has 1 saturated heterocycles. The van der Waals surface area contributed by atoms with E-state index in [2.05, 4.69) is 10.2 Å². The number of ether oxygens (including phenoxy) is 3. The Kier molecular flexibility index (Phi) is 7.54.